The zero-order valence-electron chi connectivity index (χ0n) is 19.0. The Morgan fingerprint density at radius 3 is 2.19 bits per heavy atom. The number of phenols is 2. The van der Waals surface area contributed by atoms with Crippen molar-refractivity contribution in [2.45, 2.75) is 9.79 Å². The summed E-state index contributed by atoms with van der Waals surface area (Å²) < 4.78 is 65.4. The molecule has 12 nitrogen and oxygen atoms in total. The number of phenolic OH excluding ortho intramolecular Hbond substituents is 2. The third kappa shape index (κ3) is 5.46. The van der Waals surface area contributed by atoms with Crippen molar-refractivity contribution in [1.29, 1.82) is 0 Å². The monoisotopic (exact) mass is 544 g/mol. The normalized spacial score (nSPS) is 12.2. The highest BCUT2D eigenvalue weighted by Gasteiger charge is 2.20. The van der Waals surface area contributed by atoms with Crippen molar-refractivity contribution in [3.63, 3.8) is 0 Å². The van der Waals surface area contributed by atoms with E-state index < -0.39 is 35.8 Å². The summed E-state index contributed by atoms with van der Waals surface area (Å²) >= 11 is 0. The van der Waals surface area contributed by atoms with Gasteiger partial charge in [0.25, 0.3) is 20.2 Å². The van der Waals surface area contributed by atoms with E-state index in [9.17, 15) is 36.2 Å². The first-order valence-electron chi connectivity index (χ1n) is 10.4. The number of anilines is 3. The van der Waals surface area contributed by atoms with Gasteiger partial charge in [0.1, 0.15) is 22.0 Å². The standard InChI is InChI=1S/C23H20N4O8S2/c1-24-14-10-19(23(29)21(11-14)37(33,34)35)26-27-22-16-5-3-2-4-13(16)6-8-17(22)25-18-12-15(36(30,31)32)7-9-20(18)28/h2-12,24-25,28-29H,1H3,(H,30,31,32)(H,33,34,35). The van der Waals surface area contributed by atoms with Crippen LogP contribution < -0.4 is 10.6 Å². The third-order valence-electron chi connectivity index (χ3n) is 5.31. The predicted molar refractivity (Wildman–Crippen MR) is 137 cm³/mol. The van der Waals surface area contributed by atoms with Crippen LogP contribution in [0, 0.1) is 0 Å². The first kappa shape index (κ1) is 25.8. The van der Waals surface area contributed by atoms with Crippen LogP contribution in [0.5, 0.6) is 11.5 Å². The Hall–Kier alpha value is -4.24. The van der Waals surface area contributed by atoms with Gasteiger partial charge in [-0.1, -0.05) is 30.3 Å². The van der Waals surface area contributed by atoms with E-state index in [0.29, 0.717) is 5.39 Å². The molecule has 0 fully saturated rings. The van der Waals surface area contributed by atoms with Crippen LogP contribution in [0.3, 0.4) is 0 Å². The SMILES string of the molecule is CNc1cc(N=Nc2c(Nc3cc(S(=O)(=O)O)ccc3O)ccc3ccccc23)c(O)c(S(=O)(=O)O)c1. The summed E-state index contributed by atoms with van der Waals surface area (Å²) in [6, 6.07) is 15.8. The minimum atomic E-state index is -4.78. The zero-order chi connectivity index (χ0) is 27.0. The summed E-state index contributed by atoms with van der Waals surface area (Å²) in [7, 11) is -7.83. The molecule has 0 heterocycles. The van der Waals surface area contributed by atoms with Gasteiger partial charge in [-0.2, -0.15) is 16.8 Å². The van der Waals surface area contributed by atoms with Crippen LogP contribution in [0.2, 0.25) is 0 Å². The van der Waals surface area contributed by atoms with Crippen LogP contribution in [-0.2, 0) is 20.2 Å². The van der Waals surface area contributed by atoms with E-state index in [-0.39, 0.29) is 34.2 Å². The molecule has 0 aromatic heterocycles. The van der Waals surface area contributed by atoms with E-state index in [0.717, 1.165) is 29.7 Å². The van der Waals surface area contributed by atoms with Crippen LogP contribution in [0.15, 0.2) is 86.7 Å². The number of benzene rings is 4. The van der Waals surface area contributed by atoms with Gasteiger partial charge in [-0.3, -0.25) is 9.11 Å². The number of hydrogen-bond donors (Lipinski definition) is 6. The molecule has 0 bridgehead atoms. The molecule has 0 unspecified atom stereocenters. The summed E-state index contributed by atoms with van der Waals surface area (Å²) in [6.45, 7) is 0. The summed E-state index contributed by atoms with van der Waals surface area (Å²) in [5.74, 6) is -1.14. The van der Waals surface area contributed by atoms with E-state index in [2.05, 4.69) is 20.9 Å². The van der Waals surface area contributed by atoms with Gasteiger partial charge >= 0.3 is 0 Å². The van der Waals surface area contributed by atoms with Crippen molar-refractivity contribution < 1.29 is 36.2 Å². The number of nitrogens with one attached hydrogen (secondary N) is 2. The van der Waals surface area contributed by atoms with E-state index in [1.165, 1.54) is 13.1 Å². The number of azo groups is 1. The smallest absolute Gasteiger partial charge is 0.298 e. The molecule has 0 aliphatic heterocycles. The Morgan fingerprint density at radius 2 is 1.51 bits per heavy atom. The van der Waals surface area contributed by atoms with Crippen molar-refractivity contribution in [3.8, 4) is 11.5 Å². The molecule has 0 spiro atoms. The van der Waals surface area contributed by atoms with E-state index in [1.54, 1.807) is 36.4 Å². The maximum Gasteiger partial charge on any atom is 0.298 e. The molecule has 4 aromatic rings. The lowest BCUT2D eigenvalue weighted by molar-refractivity contribution is 0.444. The highest BCUT2D eigenvalue weighted by Crippen LogP contribution is 2.41. The minimum absolute atomic E-state index is 0.0597. The second-order valence-corrected chi connectivity index (χ2v) is 10.5. The van der Waals surface area contributed by atoms with Gasteiger partial charge < -0.3 is 20.8 Å². The Morgan fingerprint density at radius 1 is 0.784 bits per heavy atom. The van der Waals surface area contributed by atoms with Crippen molar-refractivity contribution >= 4 is 59.4 Å². The second-order valence-electron chi connectivity index (χ2n) is 7.73. The van der Waals surface area contributed by atoms with Crippen LogP contribution in [0.25, 0.3) is 10.8 Å². The summed E-state index contributed by atoms with van der Waals surface area (Å²) in [6.07, 6.45) is 0. The van der Waals surface area contributed by atoms with Crippen LogP contribution >= 0.6 is 0 Å². The quantitative estimate of drug-likeness (QED) is 0.0801. The van der Waals surface area contributed by atoms with Gasteiger partial charge in [0.2, 0.25) is 0 Å². The fourth-order valence-corrected chi connectivity index (χ4v) is 4.63. The first-order chi connectivity index (χ1) is 17.4. The molecule has 0 saturated carbocycles. The highest BCUT2D eigenvalue weighted by molar-refractivity contribution is 7.86. The summed E-state index contributed by atoms with van der Waals surface area (Å²) in [5, 5.41) is 35.8. The molecule has 37 heavy (non-hydrogen) atoms. The van der Waals surface area contributed by atoms with E-state index in [4.69, 9.17) is 0 Å². The minimum Gasteiger partial charge on any atom is -0.506 e. The summed E-state index contributed by atoms with van der Waals surface area (Å²) in [4.78, 5) is -1.22. The molecule has 6 N–H and O–H groups in total. The maximum absolute atomic E-state index is 11.7. The Bertz CT molecular complexity index is 1770. The summed E-state index contributed by atoms with van der Waals surface area (Å²) in [5.41, 5.74) is 0.342. The molecular weight excluding hydrogens is 524 g/mol. The second kappa shape index (κ2) is 9.67. The van der Waals surface area contributed by atoms with Crippen LogP contribution in [0.4, 0.5) is 28.4 Å². The Balaban J connectivity index is 1.88. The molecule has 0 aliphatic carbocycles. The fourth-order valence-electron chi connectivity index (χ4n) is 3.50. The molecule has 4 aromatic carbocycles. The van der Waals surface area contributed by atoms with Crippen molar-refractivity contribution in [3.05, 3.63) is 66.7 Å². The molecule has 14 heteroatoms. The average Bonchev–Trinajstić information content (AvgIpc) is 2.83. The van der Waals surface area contributed by atoms with Crippen LogP contribution in [-0.4, -0.2) is 43.2 Å². The lowest BCUT2D eigenvalue weighted by Crippen LogP contribution is -2.00. The van der Waals surface area contributed by atoms with Gasteiger partial charge in [-0.15, -0.1) is 10.2 Å². The highest BCUT2D eigenvalue weighted by atomic mass is 32.2. The lowest BCUT2D eigenvalue weighted by Gasteiger charge is -2.13. The number of hydrogen-bond acceptors (Lipinski definition) is 10. The third-order valence-corrected chi connectivity index (χ3v) is 7.03. The van der Waals surface area contributed by atoms with Gasteiger partial charge in [0.05, 0.1) is 16.3 Å². The molecule has 192 valence electrons. The van der Waals surface area contributed by atoms with Gasteiger partial charge in [0, 0.05) is 18.1 Å². The predicted octanol–water partition coefficient (Wildman–Crippen LogP) is 4.95. The van der Waals surface area contributed by atoms with Gasteiger partial charge in [0.15, 0.2) is 5.75 Å². The van der Waals surface area contributed by atoms with E-state index >= 15 is 0 Å². The lowest BCUT2D eigenvalue weighted by atomic mass is 10.1. The molecule has 0 atom stereocenters. The maximum atomic E-state index is 11.7. The van der Waals surface area contributed by atoms with Crippen molar-refractivity contribution in [1.82, 2.24) is 0 Å². The Kier molecular flexibility index (Phi) is 6.75. The van der Waals surface area contributed by atoms with Crippen molar-refractivity contribution in [2.24, 2.45) is 10.2 Å². The molecular formula is C23H20N4O8S2. The largest absolute Gasteiger partial charge is 0.506 e. The zero-order valence-corrected chi connectivity index (χ0v) is 20.6. The topological polar surface area (TPSA) is 198 Å². The van der Waals surface area contributed by atoms with E-state index in [1.807, 2.05) is 0 Å². The number of rotatable bonds is 7. The number of aromatic hydroxyl groups is 2. The number of nitrogens with zero attached hydrogens (tertiary/aromatic N) is 2. The molecule has 0 aliphatic rings. The Labute approximate surface area is 211 Å². The fraction of sp³-hybridized carbons (Fsp3) is 0.0435. The first-order valence-corrected chi connectivity index (χ1v) is 13.3. The van der Waals surface area contributed by atoms with Crippen LogP contribution in [0.1, 0.15) is 0 Å². The molecule has 0 amide bonds. The van der Waals surface area contributed by atoms with Crippen molar-refractivity contribution in [2.75, 3.05) is 17.7 Å². The average molecular weight is 545 g/mol. The molecule has 0 saturated heterocycles. The van der Waals surface area contributed by atoms with Gasteiger partial charge in [-0.05, 0) is 41.8 Å². The number of fused-ring (bicyclic) bond motifs is 1. The van der Waals surface area contributed by atoms with Gasteiger partial charge in [-0.25, -0.2) is 0 Å². The molecule has 0 radical (unpaired) electrons. The molecule has 4 rings (SSSR count).